The molecule has 0 unspecified atom stereocenters. The van der Waals surface area contributed by atoms with E-state index in [9.17, 15) is 58.2 Å². The van der Waals surface area contributed by atoms with Gasteiger partial charge in [0.25, 0.3) is 0 Å². The summed E-state index contributed by atoms with van der Waals surface area (Å²) in [6.07, 6.45) is 3.27. The molecule has 10 amide bonds. The summed E-state index contributed by atoms with van der Waals surface area (Å²) in [5.74, 6) is -8.43. The van der Waals surface area contributed by atoms with Gasteiger partial charge in [0.05, 0.1) is 6.61 Å². The SMILES string of the molecule is CC(=O)N[C@H](Cc1ccc2ccccc2c1)C(=O)N[C@H](Cc1ccc(Cl)cc1)C(=O)N[C@H](Cc1cccnc1)C(=O)N[C@@H](CO)C(=O)N[C@@H](Cc1ccc(O)cc1)C(=O)N[C@@H](CC(C)C)C(=O)N[C@@H](CCCN=C(N)N)C(=O)N1CCC[C@H]1C(=O)N[C@H](C)C(N)=O. The van der Waals surface area contributed by atoms with E-state index in [4.69, 9.17) is 28.8 Å². The molecule has 0 aliphatic carbocycles. The highest BCUT2D eigenvalue weighted by Gasteiger charge is 2.40. The van der Waals surface area contributed by atoms with E-state index in [1.165, 1.54) is 55.4 Å². The first kappa shape index (κ1) is 70.4. The van der Waals surface area contributed by atoms with Crippen molar-refractivity contribution in [1.29, 1.82) is 0 Å². The number of amides is 10. The number of phenols is 1. The number of hydrogen-bond donors (Lipinski definition) is 13. The number of carbonyl (C=O) groups is 10. The number of nitrogens with two attached hydrogens (primary N) is 3. The van der Waals surface area contributed by atoms with E-state index in [2.05, 4.69) is 52.5 Å². The maximum atomic E-state index is 14.7. The van der Waals surface area contributed by atoms with Gasteiger partial charge in [0, 0.05) is 63.1 Å². The van der Waals surface area contributed by atoms with Crippen LogP contribution in [-0.4, -0.2) is 159 Å². The summed E-state index contributed by atoms with van der Waals surface area (Å²) in [6.45, 7) is 5.42. The first-order chi connectivity index (χ1) is 43.4. The molecule has 0 saturated carbocycles. The molecule has 4 aromatic carbocycles. The van der Waals surface area contributed by atoms with Crippen LogP contribution < -0.4 is 59.7 Å². The second-order valence-corrected chi connectivity index (χ2v) is 23.3. The van der Waals surface area contributed by atoms with Gasteiger partial charge >= 0.3 is 0 Å². The Balaban J connectivity index is 1.24. The standard InChI is InChI=1S/C64H81ClN14O12/c1-36(2)28-48(56(84)73-47(13-8-26-70-64(67)68)63(91)79-27-9-14-54(79)62(90)71-37(3)55(66)83)74-58(86)51(31-40-18-23-46(82)24-19-40)77-61(89)53(35-80)78-60(88)52(33-42-10-7-25-69-34-42)76-59(87)50(30-39-16-21-45(65)22-17-39)75-57(85)49(72-38(4)81)32-41-15-20-43-11-5-6-12-44(43)29-41/h5-7,10-12,15-25,29,34,36-37,47-54,80,82H,8-9,13-14,26-28,30-33,35H2,1-4H3,(H2,66,83)(H,71,90)(H,72,81)(H,73,84)(H,74,86)(H,75,85)(H,76,87)(H,77,89)(H,78,88)(H4,67,68,70)/t37-,47+,48+,49-,50-,51+,52-,53+,54+/m1/s1. The maximum absolute atomic E-state index is 14.7. The zero-order valence-electron chi connectivity index (χ0n) is 51.2. The van der Waals surface area contributed by atoms with E-state index >= 15 is 0 Å². The average Bonchev–Trinajstić information content (AvgIpc) is 2.43. The van der Waals surface area contributed by atoms with E-state index in [1.54, 1.807) is 50.2 Å². The predicted molar refractivity (Wildman–Crippen MR) is 340 cm³/mol. The molecule has 1 aromatic heterocycles. The van der Waals surface area contributed by atoms with Crippen molar-refractivity contribution in [3.63, 3.8) is 0 Å². The molecule has 91 heavy (non-hydrogen) atoms. The minimum atomic E-state index is -1.79. The fourth-order valence-corrected chi connectivity index (χ4v) is 10.5. The molecule has 9 atom stereocenters. The molecule has 1 aliphatic rings. The number of primary amides is 1. The number of nitrogens with one attached hydrogen (secondary N) is 8. The number of nitrogens with zero attached hydrogens (tertiary/aromatic N) is 3. The van der Waals surface area contributed by atoms with Gasteiger partial charge in [-0.25, -0.2) is 0 Å². The number of fused-ring (bicyclic) bond motifs is 1. The zero-order valence-corrected chi connectivity index (χ0v) is 51.9. The van der Waals surface area contributed by atoms with Crippen molar-refractivity contribution in [2.24, 2.45) is 28.1 Å². The molecule has 16 N–H and O–H groups in total. The molecule has 1 fully saturated rings. The lowest BCUT2D eigenvalue weighted by molar-refractivity contribution is -0.142. The number of phenolic OH excluding ortho intramolecular Hbond substituents is 1. The number of rotatable bonds is 32. The number of aromatic nitrogens is 1. The van der Waals surface area contributed by atoms with Gasteiger partial charge < -0.3 is 74.8 Å². The summed E-state index contributed by atoms with van der Waals surface area (Å²) in [6, 6.07) is 16.6. The smallest absolute Gasteiger partial charge is 0.245 e. The molecule has 26 nitrogen and oxygen atoms in total. The third kappa shape index (κ3) is 22.1. The van der Waals surface area contributed by atoms with Crippen LogP contribution in [0.15, 0.2) is 121 Å². The van der Waals surface area contributed by atoms with Gasteiger partial charge in [-0.2, -0.15) is 0 Å². The van der Waals surface area contributed by atoms with E-state index in [0.29, 0.717) is 28.1 Å². The second kappa shape index (κ2) is 34.3. The number of hydrogen-bond acceptors (Lipinski definition) is 14. The van der Waals surface area contributed by atoms with Crippen LogP contribution in [0.2, 0.25) is 5.02 Å². The van der Waals surface area contributed by atoms with Crippen LogP contribution in [0.3, 0.4) is 0 Å². The monoisotopic (exact) mass is 1270 g/mol. The van der Waals surface area contributed by atoms with Crippen molar-refractivity contribution in [3.05, 3.63) is 143 Å². The van der Waals surface area contributed by atoms with E-state index in [-0.39, 0.29) is 82.1 Å². The minimum Gasteiger partial charge on any atom is -0.508 e. The number of carbonyl (C=O) groups excluding carboxylic acids is 10. The van der Waals surface area contributed by atoms with Gasteiger partial charge in [-0.15, -0.1) is 0 Å². The van der Waals surface area contributed by atoms with Crippen molar-refractivity contribution < 1.29 is 58.2 Å². The summed E-state index contributed by atoms with van der Waals surface area (Å²) in [5.41, 5.74) is 18.6. The Morgan fingerprint density at radius 2 is 1.11 bits per heavy atom. The molecular weight excluding hydrogens is 1190 g/mol. The van der Waals surface area contributed by atoms with Gasteiger partial charge in [0.2, 0.25) is 59.1 Å². The third-order valence-electron chi connectivity index (χ3n) is 15.1. The zero-order chi connectivity index (χ0) is 66.3. The highest BCUT2D eigenvalue weighted by atomic mass is 35.5. The van der Waals surface area contributed by atoms with Gasteiger partial charge in [0.1, 0.15) is 60.1 Å². The van der Waals surface area contributed by atoms with Gasteiger partial charge in [-0.1, -0.05) is 98.2 Å². The summed E-state index contributed by atoms with van der Waals surface area (Å²) >= 11 is 6.21. The molecule has 1 saturated heterocycles. The van der Waals surface area contributed by atoms with Crippen LogP contribution in [0.1, 0.15) is 82.1 Å². The Hall–Kier alpha value is -9.69. The van der Waals surface area contributed by atoms with Crippen molar-refractivity contribution in [1.82, 2.24) is 52.4 Å². The first-order valence-electron chi connectivity index (χ1n) is 29.9. The van der Waals surface area contributed by atoms with Crippen LogP contribution in [-0.2, 0) is 73.6 Å². The quantitative estimate of drug-likeness (QED) is 0.0157. The van der Waals surface area contributed by atoms with Crippen LogP contribution in [0.5, 0.6) is 5.75 Å². The molecule has 6 rings (SSSR count). The summed E-state index contributed by atoms with van der Waals surface area (Å²) < 4.78 is 0. The number of guanidine groups is 1. The number of likely N-dealkylation sites (tertiary alicyclic amines) is 1. The van der Waals surface area contributed by atoms with Crippen LogP contribution in [0.25, 0.3) is 10.8 Å². The van der Waals surface area contributed by atoms with Crippen LogP contribution in [0, 0.1) is 5.92 Å². The number of pyridine rings is 1. The topological polar surface area (TPSA) is 414 Å². The lowest BCUT2D eigenvalue weighted by Gasteiger charge is -2.31. The second-order valence-electron chi connectivity index (χ2n) is 22.9. The van der Waals surface area contributed by atoms with Gasteiger partial charge in [-0.05, 0) is 108 Å². The number of aliphatic hydroxyl groups is 1. The van der Waals surface area contributed by atoms with Crippen molar-refractivity contribution in [3.8, 4) is 5.75 Å². The van der Waals surface area contributed by atoms with E-state index < -0.39 is 120 Å². The van der Waals surface area contributed by atoms with Crippen molar-refractivity contribution in [2.45, 2.75) is 140 Å². The first-order valence-corrected chi connectivity index (χ1v) is 30.3. The Kier molecular flexibility index (Phi) is 26.6. The summed E-state index contributed by atoms with van der Waals surface area (Å²) in [4.78, 5) is 149. The molecule has 1 aliphatic heterocycles. The molecule has 0 radical (unpaired) electrons. The molecule has 0 bridgehead atoms. The number of aliphatic imine (C=N–C) groups is 1. The van der Waals surface area contributed by atoms with Gasteiger partial charge in [0.15, 0.2) is 5.96 Å². The highest BCUT2D eigenvalue weighted by Crippen LogP contribution is 2.22. The highest BCUT2D eigenvalue weighted by molar-refractivity contribution is 6.30. The fourth-order valence-electron chi connectivity index (χ4n) is 10.3. The van der Waals surface area contributed by atoms with Crippen molar-refractivity contribution >= 4 is 87.4 Å². The van der Waals surface area contributed by atoms with Crippen LogP contribution in [0.4, 0.5) is 0 Å². The number of aromatic hydroxyl groups is 1. The molecule has 0 spiro atoms. The minimum absolute atomic E-state index is 0.0108. The fraction of sp³-hybridized carbons (Fsp3) is 0.406. The third-order valence-corrected chi connectivity index (χ3v) is 15.3. The Morgan fingerprint density at radius 3 is 1.66 bits per heavy atom. The number of halogens is 1. The normalized spacial score (nSPS) is 15.4. The molecular formula is C64H81ClN14O12. The lowest BCUT2D eigenvalue weighted by atomic mass is 9.99. The van der Waals surface area contributed by atoms with Crippen molar-refractivity contribution in [2.75, 3.05) is 19.7 Å². The summed E-state index contributed by atoms with van der Waals surface area (Å²) in [5, 5.41) is 44.5. The number of benzene rings is 4. The van der Waals surface area contributed by atoms with E-state index in [1.807, 2.05) is 42.5 Å². The van der Waals surface area contributed by atoms with E-state index in [0.717, 1.165) is 16.3 Å². The Bertz CT molecular complexity index is 3390. The predicted octanol–water partition coefficient (Wildman–Crippen LogP) is 0.351. The maximum Gasteiger partial charge on any atom is 0.245 e. The van der Waals surface area contributed by atoms with Gasteiger partial charge in [-0.3, -0.25) is 57.9 Å². The Labute approximate surface area is 532 Å². The van der Waals surface area contributed by atoms with Crippen LogP contribution >= 0.6 is 11.6 Å². The average molecular weight is 1270 g/mol. The lowest BCUT2D eigenvalue weighted by Crippen LogP contribution is -2.61. The summed E-state index contributed by atoms with van der Waals surface area (Å²) in [7, 11) is 0. The molecule has 27 heteroatoms. The largest absolute Gasteiger partial charge is 0.508 e. The molecule has 486 valence electrons. The molecule has 5 aromatic rings. The Morgan fingerprint density at radius 1 is 0.604 bits per heavy atom. The molecule has 2 heterocycles. The number of aliphatic hydroxyl groups excluding tert-OH is 1.